The fourth-order valence-electron chi connectivity index (χ4n) is 2.43. The van der Waals surface area contributed by atoms with Crippen molar-refractivity contribution in [2.75, 3.05) is 33.0 Å². The molecule has 0 aromatic rings. The minimum atomic E-state index is 0.489. The monoisotopic (exact) mass is 395 g/mol. The number of oxime groups is 1. The zero-order chi connectivity index (χ0) is 21.0. The van der Waals surface area contributed by atoms with Crippen molar-refractivity contribution in [1.82, 2.24) is 0 Å². The average molecular weight is 396 g/mol. The van der Waals surface area contributed by atoms with Crippen LogP contribution in [0.1, 0.15) is 86.5 Å². The third-order valence-electron chi connectivity index (χ3n) is 4.40. The third-order valence-corrected chi connectivity index (χ3v) is 4.40. The van der Waals surface area contributed by atoms with E-state index >= 15 is 0 Å². The van der Waals surface area contributed by atoms with Crippen molar-refractivity contribution < 1.29 is 14.3 Å². The Kier molecular flexibility index (Phi) is 18.4. The molecule has 0 saturated heterocycles. The van der Waals surface area contributed by atoms with Crippen molar-refractivity contribution in [3.05, 3.63) is 23.3 Å². The van der Waals surface area contributed by atoms with Crippen molar-refractivity contribution in [3.63, 3.8) is 0 Å². The van der Waals surface area contributed by atoms with Crippen LogP contribution in [0.25, 0.3) is 0 Å². The number of allylic oxidation sites excluding steroid dienone is 4. The summed E-state index contributed by atoms with van der Waals surface area (Å²) in [5.41, 5.74) is 3.96. The van der Waals surface area contributed by atoms with Gasteiger partial charge in [-0.15, -0.1) is 0 Å². The van der Waals surface area contributed by atoms with Crippen molar-refractivity contribution in [1.29, 1.82) is 0 Å². The van der Waals surface area contributed by atoms with Crippen LogP contribution in [0, 0.1) is 5.92 Å². The van der Waals surface area contributed by atoms with E-state index in [1.807, 2.05) is 6.92 Å². The molecule has 0 aliphatic carbocycles. The molecule has 0 radical (unpaired) electrons. The van der Waals surface area contributed by atoms with Gasteiger partial charge >= 0.3 is 0 Å². The SMILES string of the molecule is CCCCOCCOCCO/N=C(\C)CC/C(C)=C/CC/C(C)=C/CC(C)C. The van der Waals surface area contributed by atoms with Crippen molar-refractivity contribution in [2.45, 2.75) is 86.5 Å². The van der Waals surface area contributed by atoms with Crippen LogP contribution < -0.4 is 0 Å². The number of hydrogen-bond donors (Lipinski definition) is 0. The molecule has 0 aliphatic rings. The first kappa shape index (κ1) is 26.9. The molecule has 0 rings (SSSR count). The summed E-state index contributed by atoms with van der Waals surface area (Å²) in [7, 11) is 0. The average Bonchev–Trinajstić information content (AvgIpc) is 2.66. The first-order valence-electron chi connectivity index (χ1n) is 11.1. The molecule has 0 aliphatic heterocycles. The molecule has 0 bridgehead atoms. The second-order valence-corrected chi connectivity index (χ2v) is 8.01. The van der Waals surface area contributed by atoms with E-state index in [0.717, 1.165) is 56.8 Å². The van der Waals surface area contributed by atoms with Gasteiger partial charge in [-0.05, 0) is 65.2 Å². The Hall–Kier alpha value is -1.13. The first-order valence-corrected chi connectivity index (χ1v) is 11.1. The molecule has 164 valence electrons. The molecule has 0 heterocycles. The molecule has 4 heteroatoms. The molecule has 0 N–H and O–H groups in total. The second-order valence-electron chi connectivity index (χ2n) is 8.01. The van der Waals surface area contributed by atoms with Crippen LogP contribution >= 0.6 is 0 Å². The van der Waals surface area contributed by atoms with Gasteiger partial charge in [0.15, 0.2) is 0 Å². The Balaban J connectivity index is 3.72. The van der Waals surface area contributed by atoms with Gasteiger partial charge in [0.1, 0.15) is 6.61 Å². The van der Waals surface area contributed by atoms with Gasteiger partial charge in [-0.3, -0.25) is 0 Å². The van der Waals surface area contributed by atoms with E-state index in [1.165, 1.54) is 17.6 Å². The van der Waals surface area contributed by atoms with Gasteiger partial charge in [-0.1, -0.05) is 55.6 Å². The zero-order valence-corrected chi connectivity index (χ0v) is 19.4. The van der Waals surface area contributed by atoms with E-state index in [1.54, 1.807) is 0 Å². The predicted octanol–water partition coefficient (Wildman–Crippen LogP) is 6.71. The lowest BCUT2D eigenvalue weighted by molar-refractivity contribution is 0.0151. The lowest BCUT2D eigenvalue weighted by atomic mass is 10.0. The van der Waals surface area contributed by atoms with Gasteiger partial charge < -0.3 is 14.3 Å². The molecule has 0 spiro atoms. The summed E-state index contributed by atoms with van der Waals surface area (Å²) in [6, 6.07) is 0. The normalized spacial score (nSPS) is 13.5. The van der Waals surface area contributed by atoms with Crippen LogP contribution in [0.15, 0.2) is 28.5 Å². The number of unbranched alkanes of at least 4 members (excludes halogenated alkanes) is 1. The summed E-state index contributed by atoms with van der Waals surface area (Å²) < 4.78 is 10.9. The van der Waals surface area contributed by atoms with Gasteiger partial charge in [-0.2, -0.15) is 0 Å². The molecule has 0 fully saturated rings. The molecule has 0 amide bonds. The molecule has 0 atom stereocenters. The highest BCUT2D eigenvalue weighted by atomic mass is 16.6. The van der Waals surface area contributed by atoms with E-state index in [9.17, 15) is 0 Å². The van der Waals surface area contributed by atoms with E-state index < -0.39 is 0 Å². The summed E-state index contributed by atoms with van der Waals surface area (Å²) in [5, 5.41) is 4.17. The van der Waals surface area contributed by atoms with Crippen LogP contribution in [0.2, 0.25) is 0 Å². The highest BCUT2D eigenvalue weighted by Crippen LogP contribution is 2.12. The first-order chi connectivity index (χ1) is 13.5. The van der Waals surface area contributed by atoms with Gasteiger partial charge in [-0.25, -0.2) is 0 Å². The Morgan fingerprint density at radius 2 is 1.46 bits per heavy atom. The van der Waals surface area contributed by atoms with Gasteiger partial charge in [0, 0.05) is 6.61 Å². The third kappa shape index (κ3) is 19.6. The number of hydrogen-bond acceptors (Lipinski definition) is 4. The van der Waals surface area contributed by atoms with Crippen LogP contribution in [-0.2, 0) is 14.3 Å². The van der Waals surface area contributed by atoms with Crippen LogP contribution in [0.3, 0.4) is 0 Å². The van der Waals surface area contributed by atoms with Crippen molar-refractivity contribution in [3.8, 4) is 0 Å². The standard InChI is InChI=1S/C24H45NO3/c1-7-8-16-26-17-18-27-19-20-28-25-24(6)15-14-23(5)11-9-10-22(4)13-12-21(2)3/h11,13,21H,7-10,12,14-20H2,1-6H3/b22-13+,23-11+,25-24+. The number of rotatable bonds is 18. The summed E-state index contributed by atoms with van der Waals surface area (Å²) in [6.45, 7) is 16.3. The lowest BCUT2D eigenvalue weighted by Crippen LogP contribution is -2.09. The minimum Gasteiger partial charge on any atom is -0.393 e. The summed E-state index contributed by atoms with van der Waals surface area (Å²) in [5.74, 6) is 0.743. The predicted molar refractivity (Wildman–Crippen MR) is 121 cm³/mol. The fraction of sp³-hybridized carbons (Fsp3) is 0.792. The summed E-state index contributed by atoms with van der Waals surface area (Å²) in [6.07, 6.45) is 12.5. The molecular weight excluding hydrogens is 350 g/mol. The molecule has 0 aromatic carbocycles. The second kappa shape index (κ2) is 19.2. The molecule has 4 nitrogen and oxygen atoms in total. The molecule has 28 heavy (non-hydrogen) atoms. The zero-order valence-electron chi connectivity index (χ0n) is 19.4. The molecule has 0 saturated carbocycles. The molecule has 0 unspecified atom stereocenters. The molecule has 0 aromatic heterocycles. The van der Waals surface area contributed by atoms with Crippen LogP contribution in [0.4, 0.5) is 0 Å². The highest BCUT2D eigenvalue weighted by molar-refractivity contribution is 5.81. The van der Waals surface area contributed by atoms with Crippen molar-refractivity contribution in [2.24, 2.45) is 11.1 Å². The topological polar surface area (TPSA) is 40.0 Å². The summed E-state index contributed by atoms with van der Waals surface area (Å²) >= 11 is 0. The van der Waals surface area contributed by atoms with Crippen LogP contribution in [-0.4, -0.2) is 38.7 Å². The largest absolute Gasteiger partial charge is 0.393 e. The van der Waals surface area contributed by atoms with E-state index in [4.69, 9.17) is 14.3 Å². The maximum Gasteiger partial charge on any atom is 0.140 e. The smallest absolute Gasteiger partial charge is 0.140 e. The van der Waals surface area contributed by atoms with Gasteiger partial charge in [0.25, 0.3) is 0 Å². The Morgan fingerprint density at radius 1 is 0.821 bits per heavy atom. The van der Waals surface area contributed by atoms with Crippen LogP contribution in [0.5, 0.6) is 0 Å². The van der Waals surface area contributed by atoms with E-state index in [-0.39, 0.29) is 0 Å². The van der Waals surface area contributed by atoms with Gasteiger partial charge in [0.2, 0.25) is 0 Å². The maximum atomic E-state index is 5.45. The lowest BCUT2D eigenvalue weighted by Gasteiger charge is -2.06. The van der Waals surface area contributed by atoms with Gasteiger partial charge in [0.05, 0.1) is 25.5 Å². The van der Waals surface area contributed by atoms with Crippen molar-refractivity contribution >= 4 is 5.71 Å². The minimum absolute atomic E-state index is 0.489. The number of ether oxygens (including phenoxy) is 2. The van der Waals surface area contributed by atoms with E-state index in [2.05, 4.69) is 51.9 Å². The highest BCUT2D eigenvalue weighted by Gasteiger charge is 1.97. The Labute approximate surface area is 174 Å². The fourth-order valence-corrected chi connectivity index (χ4v) is 2.43. The quantitative estimate of drug-likeness (QED) is 0.112. The Morgan fingerprint density at radius 3 is 2.14 bits per heavy atom. The maximum absolute atomic E-state index is 5.45. The summed E-state index contributed by atoms with van der Waals surface area (Å²) in [4.78, 5) is 5.33. The Bertz CT molecular complexity index is 453. The number of nitrogens with zero attached hydrogens (tertiary/aromatic N) is 1. The van der Waals surface area contributed by atoms with E-state index in [0.29, 0.717) is 26.4 Å². The molecular formula is C24H45NO3.